The Morgan fingerprint density at radius 3 is 2.96 bits per heavy atom. The number of aromatic nitrogens is 4. The van der Waals surface area contributed by atoms with Crippen LogP contribution in [0.5, 0.6) is 0 Å². The molecule has 0 spiro atoms. The first-order valence-corrected chi connectivity index (χ1v) is 8.71. The number of likely N-dealkylation sites (tertiary alicyclic amines) is 1. The van der Waals surface area contributed by atoms with Crippen LogP contribution in [0.15, 0.2) is 16.5 Å². The molecule has 0 aliphatic carbocycles. The molecule has 1 aliphatic heterocycles. The van der Waals surface area contributed by atoms with Crippen LogP contribution in [0.4, 0.5) is 0 Å². The largest absolute Gasteiger partial charge is 0.342 e. The third-order valence-corrected chi connectivity index (χ3v) is 5.29. The summed E-state index contributed by atoms with van der Waals surface area (Å²) in [7, 11) is 1.93. The van der Waals surface area contributed by atoms with Gasteiger partial charge in [-0.3, -0.25) is 9.59 Å². The van der Waals surface area contributed by atoms with E-state index >= 15 is 0 Å². The van der Waals surface area contributed by atoms with E-state index in [4.69, 9.17) is 0 Å². The van der Waals surface area contributed by atoms with Gasteiger partial charge >= 0.3 is 4.87 Å². The van der Waals surface area contributed by atoms with Crippen molar-refractivity contribution >= 4 is 17.2 Å². The maximum absolute atomic E-state index is 12.5. The molecule has 2 aromatic rings. The van der Waals surface area contributed by atoms with Gasteiger partial charge in [-0.1, -0.05) is 11.3 Å². The lowest BCUT2D eigenvalue weighted by Gasteiger charge is -2.32. The van der Waals surface area contributed by atoms with E-state index in [2.05, 4.69) is 10.2 Å². The molecule has 0 radical (unpaired) electrons. The number of hydrogen-bond donors (Lipinski definition) is 0. The van der Waals surface area contributed by atoms with Gasteiger partial charge in [0.15, 0.2) is 0 Å². The Hall–Kier alpha value is -1.96. The van der Waals surface area contributed by atoms with Crippen molar-refractivity contribution in [1.29, 1.82) is 0 Å². The van der Waals surface area contributed by atoms with Gasteiger partial charge in [0.2, 0.25) is 5.91 Å². The van der Waals surface area contributed by atoms with Gasteiger partial charge in [-0.05, 0) is 19.8 Å². The summed E-state index contributed by atoms with van der Waals surface area (Å²) in [5.74, 6) is 1.28. The zero-order valence-electron chi connectivity index (χ0n) is 13.4. The highest BCUT2D eigenvalue weighted by Gasteiger charge is 2.27. The number of carbonyl (C=O) groups excluding carboxylic acids is 1. The van der Waals surface area contributed by atoms with E-state index in [-0.39, 0.29) is 16.7 Å². The molecular weight excluding hydrogens is 314 g/mol. The van der Waals surface area contributed by atoms with Crippen molar-refractivity contribution in [3.63, 3.8) is 0 Å². The molecule has 23 heavy (non-hydrogen) atoms. The fraction of sp³-hybridized carbons (Fsp3) is 0.600. The second-order valence-corrected chi connectivity index (χ2v) is 6.84. The molecule has 8 heteroatoms. The first-order chi connectivity index (χ1) is 11.1. The van der Waals surface area contributed by atoms with Gasteiger partial charge in [-0.25, -0.2) is 0 Å². The first kappa shape index (κ1) is 15.9. The van der Waals surface area contributed by atoms with Crippen LogP contribution in [0.3, 0.4) is 0 Å². The molecule has 0 aromatic carbocycles. The topological polar surface area (TPSA) is 73.0 Å². The van der Waals surface area contributed by atoms with Crippen molar-refractivity contribution in [3.05, 3.63) is 32.9 Å². The average Bonchev–Trinajstić information content (AvgIpc) is 3.11. The van der Waals surface area contributed by atoms with Gasteiger partial charge in [-0.15, -0.1) is 10.2 Å². The lowest BCUT2D eigenvalue weighted by atomic mass is 9.97. The highest BCUT2D eigenvalue weighted by Crippen LogP contribution is 2.25. The summed E-state index contributed by atoms with van der Waals surface area (Å²) in [6, 6.07) is 0. The smallest absolute Gasteiger partial charge is 0.307 e. The molecule has 3 heterocycles. The fourth-order valence-electron chi connectivity index (χ4n) is 3.12. The minimum Gasteiger partial charge on any atom is -0.342 e. The van der Waals surface area contributed by atoms with Crippen LogP contribution in [0.2, 0.25) is 0 Å². The second-order valence-electron chi connectivity index (χ2n) is 6.02. The highest BCUT2D eigenvalue weighted by atomic mass is 32.1. The number of amides is 1. The van der Waals surface area contributed by atoms with Gasteiger partial charge in [-0.2, -0.15) is 0 Å². The molecule has 0 saturated carbocycles. The molecule has 1 saturated heterocycles. The van der Waals surface area contributed by atoms with Crippen molar-refractivity contribution in [2.24, 2.45) is 7.05 Å². The van der Waals surface area contributed by atoms with E-state index in [0.29, 0.717) is 19.5 Å². The lowest BCUT2D eigenvalue weighted by molar-refractivity contribution is -0.132. The van der Waals surface area contributed by atoms with Crippen LogP contribution in [-0.4, -0.2) is 43.2 Å². The fourth-order valence-corrected chi connectivity index (χ4v) is 3.88. The van der Waals surface area contributed by atoms with Crippen LogP contribution in [0.1, 0.15) is 36.7 Å². The van der Waals surface area contributed by atoms with E-state index in [1.54, 1.807) is 10.9 Å². The maximum Gasteiger partial charge on any atom is 0.307 e. The Morgan fingerprint density at radius 2 is 2.30 bits per heavy atom. The SMILES string of the molecule is Cc1csc(=O)n1CCC(=O)N1CCCC(c2nncn2C)C1. The summed E-state index contributed by atoms with van der Waals surface area (Å²) >= 11 is 1.18. The number of nitrogens with zero attached hydrogens (tertiary/aromatic N) is 5. The van der Waals surface area contributed by atoms with E-state index in [9.17, 15) is 9.59 Å². The average molecular weight is 335 g/mol. The van der Waals surface area contributed by atoms with Crippen molar-refractivity contribution < 1.29 is 4.79 Å². The van der Waals surface area contributed by atoms with Crippen LogP contribution in [-0.2, 0) is 18.4 Å². The van der Waals surface area contributed by atoms with Crippen molar-refractivity contribution in [3.8, 4) is 0 Å². The Morgan fingerprint density at radius 1 is 1.48 bits per heavy atom. The number of rotatable bonds is 4. The molecule has 7 nitrogen and oxygen atoms in total. The number of carbonyl (C=O) groups is 1. The van der Waals surface area contributed by atoms with E-state index < -0.39 is 0 Å². The van der Waals surface area contributed by atoms with Crippen molar-refractivity contribution in [1.82, 2.24) is 24.2 Å². The van der Waals surface area contributed by atoms with E-state index in [0.717, 1.165) is 30.9 Å². The summed E-state index contributed by atoms with van der Waals surface area (Å²) in [5.41, 5.74) is 0.920. The third-order valence-electron chi connectivity index (χ3n) is 4.41. The maximum atomic E-state index is 12.5. The molecule has 0 N–H and O–H groups in total. The summed E-state index contributed by atoms with van der Waals surface area (Å²) in [5, 5.41) is 9.93. The second kappa shape index (κ2) is 6.66. The molecule has 1 amide bonds. The molecule has 3 rings (SSSR count). The van der Waals surface area contributed by atoms with Crippen LogP contribution < -0.4 is 4.87 Å². The molecule has 124 valence electrons. The van der Waals surface area contributed by atoms with Crippen molar-refractivity contribution in [2.45, 2.75) is 38.6 Å². The molecular formula is C15H21N5O2S. The molecule has 1 aliphatic rings. The van der Waals surface area contributed by atoms with Gasteiger partial charge < -0.3 is 14.0 Å². The lowest BCUT2D eigenvalue weighted by Crippen LogP contribution is -2.40. The van der Waals surface area contributed by atoms with Gasteiger partial charge in [0, 0.05) is 50.1 Å². The quantitative estimate of drug-likeness (QED) is 0.840. The minimum atomic E-state index is 0.00547. The molecule has 0 bridgehead atoms. The third kappa shape index (κ3) is 3.36. The monoisotopic (exact) mass is 335 g/mol. The summed E-state index contributed by atoms with van der Waals surface area (Å²) in [6.45, 7) is 3.82. The minimum absolute atomic E-state index is 0.00547. The zero-order valence-corrected chi connectivity index (χ0v) is 14.3. The first-order valence-electron chi connectivity index (χ1n) is 7.83. The highest BCUT2D eigenvalue weighted by molar-refractivity contribution is 7.07. The number of piperidine rings is 1. The Balaban J connectivity index is 1.61. The zero-order chi connectivity index (χ0) is 16.4. The predicted octanol–water partition coefficient (Wildman–Crippen LogP) is 1.14. The summed E-state index contributed by atoms with van der Waals surface area (Å²) in [4.78, 5) is 26.1. The molecule has 2 aromatic heterocycles. The van der Waals surface area contributed by atoms with Gasteiger partial charge in [0.05, 0.1) is 0 Å². The number of thiazole rings is 1. The van der Waals surface area contributed by atoms with Crippen molar-refractivity contribution in [2.75, 3.05) is 13.1 Å². The standard InChI is InChI=1S/C15H21N5O2S/c1-11-9-23-15(22)20(11)7-5-13(21)19-6-3-4-12(8-19)14-17-16-10-18(14)2/h9-10,12H,3-8H2,1-2H3. The predicted molar refractivity (Wildman–Crippen MR) is 87.5 cm³/mol. The van der Waals surface area contributed by atoms with Crippen LogP contribution >= 0.6 is 11.3 Å². The molecule has 1 atom stereocenters. The molecule has 1 fully saturated rings. The summed E-state index contributed by atoms with van der Waals surface area (Å²) in [6.07, 6.45) is 4.06. The number of aryl methyl sites for hydroxylation is 2. The van der Waals surface area contributed by atoms with E-state index in [1.807, 2.05) is 28.8 Å². The van der Waals surface area contributed by atoms with Crippen LogP contribution in [0, 0.1) is 6.92 Å². The Bertz CT molecular complexity index is 747. The Labute approximate surface area is 138 Å². The van der Waals surface area contributed by atoms with Gasteiger partial charge in [0.25, 0.3) is 0 Å². The van der Waals surface area contributed by atoms with Crippen LogP contribution in [0.25, 0.3) is 0 Å². The van der Waals surface area contributed by atoms with Gasteiger partial charge in [0.1, 0.15) is 12.2 Å². The number of hydrogen-bond acceptors (Lipinski definition) is 5. The molecule has 1 unspecified atom stereocenters. The van der Waals surface area contributed by atoms with E-state index in [1.165, 1.54) is 11.3 Å². The Kier molecular flexibility index (Phi) is 4.61. The normalized spacial score (nSPS) is 18.3. The summed E-state index contributed by atoms with van der Waals surface area (Å²) < 4.78 is 3.60.